The zero-order valence-electron chi connectivity index (χ0n) is 17.3. The Balaban J connectivity index is 1.48. The largest absolute Gasteiger partial charge is 0.326 e. The van der Waals surface area contributed by atoms with Crippen molar-refractivity contribution in [3.05, 3.63) is 83.1 Å². The summed E-state index contributed by atoms with van der Waals surface area (Å²) in [5.74, 6) is 0.109. The third kappa shape index (κ3) is 3.50. The third-order valence-electron chi connectivity index (χ3n) is 5.67. The minimum atomic E-state index is -0.687. The fourth-order valence-corrected chi connectivity index (χ4v) is 4.21. The third-order valence-corrected chi connectivity index (χ3v) is 6.07. The lowest BCUT2D eigenvalue weighted by molar-refractivity contribution is -0.124. The van der Waals surface area contributed by atoms with Crippen LogP contribution >= 0.6 is 11.6 Å². The van der Waals surface area contributed by atoms with Crippen molar-refractivity contribution < 1.29 is 9.59 Å². The summed E-state index contributed by atoms with van der Waals surface area (Å²) in [6, 6.07) is 16.0. The molecule has 1 aliphatic rings. The number of amides is 2. The molecule has 32 heavy (non-hydrogen) atoms. The van der Waals surface area contributed by atoms with Gasteiger partial charge in [-0.05, 0) is 48.4 Å². The Hall–Kier alpha value is -3.71. The summed E-state index contributed by atoms with van der Waals surface area (Å²) in [6.07, 6.45) is 3.40. The zero-order valence-corrected chi connectivity index (χ0v) is 18.1. The van der Waals surface area contributed by atoms with Crippen LogP contribution < -0.4 is 10.2 Å². The number of aromatic nitrogens is 3. The van der Waals surface area contributed by atoms with Crippen molar-refractivity contribution >= 4 is 46.1 Å². The Labute approximate surface area is 189 Å². The molecule has 160 valence electrons. The molecule has 8 heteroatoms. The van der Waals surface area contributed by atoms with Crippen molar-refractivity contribution in [3.63, 3.8) is 0 Å². The van der Waals surface area contributed by atoms with Gasteiger partial charge in [0.25, 0.3) is 5.91 Å². The first-order chi connectivity index (χ1) is 15.5. The highest BCUT2D eigenvalue weighted by atomic mass is 35.5. The van der Waals surface area contributed by atoms with E-state index in [1.807, 2.05) is 47.9 Å². The van der Waals surface area contributed by atoms with Crippen LogP contribution in [0.15, 0.2) is 67.0 Å². The lowest BCUT2D eigenvalue weighted by Gasteiger charge is -2.16. The van der Waals surface area contributed by atoms with Gasteiger partial charge < -0.3 is 5.32 Å². The molecule has 0 unspecified atom stereocenters. The van der Waals surface area contributed by atoms with Gasteiger partial charge in [-0.2, -0.15) is 0 Å². The second kappa shape index (κ2) is 8.09. The molecule has 0 spiro atoms. The summed E-state index contributed by atoms with van der Waals surface area (Å²) >= 11 is 6.17. The molecule has 1 atom stereocenters. The molecular weight excluding hydrogens is 426 g/mol. The second-order valence-electron chi connectivity index (χ2n) is 7.74. The van der Waals surface area contributed by atoms with E-state index in [9.17, 15) is 9.59 Å². The van der Waals surface area contributed by atoms with Crippen LogP contribution in [0.3, 0.4) is 0 Å². The van der Waals surface area contributed by atoms with Crippen LogP contribution in [0.5, 0.6) is 0 Å². The maximum atomic E-state index is 13.4. The Bertz CT molecular complexity index is 1330. The number of benzene rings is 2. The summed E-state index contributed by atoms with van der Waals surface area (Å²) in [4.78, 5) is 36.8. The molecule has 3 heterocycles. The van der Waals surface area contributed by atoms with Gasteiger partial charge >= 0.3 is 0 Å². The van der Waals surface area contributed by atoms with Crippen LogP contribution in [0.1, 0.15) is 23.6 Å². The van der Waals surface area contributed by atoms with Crippen molar-refractivity contribution in [3.8, 4) is 0 Å². The Kier molecular flexibility index (Phi) is 5.11. The number of fused-ring (bicyclic) bond motifs is 3. The molecule has 4 aromatic rings. The van der Waals surface area contributed by atoms with E-state index < -0.39 is 6.04 Å². The molecule has 5 rings (SSSR count). The standard InChI is InChI=1S/C24H20ClN5O2/c1-15-17(25)7-4-9-18(15)27-22(31)12-21-23(32)29(14-16-6-5-11-26-13-16)24-28-19-8-2-3-10-20(19)30(21)24/h2-11,13,21H,12,14H2,1H3,(H,27,31)/t21-/m0/s1. The minimum absolute atomic E-state index is 0.0122. The second-order valence-corrected chi connectivity index (χ2v) is 8.14. The van der Waals surface area contributed by atoms with Gasteiger partial charge in [-0.15, -0.1) is 0 Å². The quantitative estimate of drug-likeness (QED) is 0.490. The van der Waals surface area contributed by atoms with Gasteiger partial charge in [0.05, 0.1) is 24.0 Å². The van der Waals surface area contributed by atoms with Crippen LogP contribution in [0.2, 0.25) is 5.02 Å². The number of hydrogen-bond donors (Lipinski definition) is 1. The van der Waals surface area contributed by atoms with Gasteiger partial charge in [0.2, 0.25) is 11.9 Å². The highest BCUT2D eigenvalue weighted by Crippen LogP contribution is 2.37. The topological polar surface area (TPSA) is 80.1 Å². The average Bonchev–Trinajstić information content (AvgIpc) is 3.28. The van der Waals surface area contributed by atoms with E-state index in [0.29, 0.717) is 23.2 Å². The van der Waals surface area contributed by atoms with Crippen LogP contribution in [0, 0.1) is 6.92 Å². The summed E-state index contributed by atoms with van der Waals surface area (Å²) in [5, 5.41) is 3.47. The molecule has 0 fully saturated rings. The number of halogens is 1. The molecule has 0 saturated heterocycles. The molecule has 2 aromatic heterocycles. The lowest BCUT2D eigenvalue weighted by atomic mass is 10.1. The monoisotopic (exact) mass is 445 g/mol. The average molecular weight is 446 g/mol. The Morgan fingerprint density at radius 2 is 1.97 bits per heavy atom. The molecular formula is C24H20ClN5O2. The van der Waals surface area contributed by atoms with Gasteiger partial charge in [0.15, 0.2) is 0 Å². The van der Waals surface area contributed by atoms with Crippen molar-refractivity contribution in [2.75, 3.05) is 10.2 Å². The lowest BCUT2D eigenvalue weighted by Crippen LogP contribution is -2.31. The zero-order chi connectivity index (χ0) is 22.2. The molecule has 0 radical (unpaired) electrons. The molecule has 2 amide bonds. The van der Waals surface area contributed by atoms with Crippen LogP contribution in [-0.4, -0.2) is 26.3 Å². The van der Waals surface area contributed by atoms with E-state index >= 15 is 0 Å². The number of rotatable bonds is 5. The van der Waals surface area contributed by atoms with Gasteiger partial charge in [-0.1, -0.05) is 35.9 Å². The van der Waals surface area contributed by atoms with Gasteiger partial charge in [0, 0.05) is 23.1 Å². The Morgan fingerprint density at radius 3 is 2.78 bits per heavy atom. The van der Waals surface area contributed by atoms with Gasteiger partial charge in [-0.25, -0.2) is 4.98 Å². The fraction of sp³-hybridized carbons (Fsp3) is 0.167. The summed E-state index contributed by atoms with van der Waals surface area (Å²) in [5.41, 5.74) is 3.91. The van der Waals surface area contributed by atoms with Gasteiger partial charge in [-0.3, -0.25) is 24.0 Å². The number of carbonyl (C=O) groups is 2. The number of anilines is 2. The van der Waals surface area contributed by atoms with Gasteiger partial charge in [0.1, 0.15) is 6.04 Å². The number of pyridine rings is 1. The van der Waals surface area contributed by atoms with Crippen molar-refractivity contribution in [2.24, 2.45) is 0 Å². The van der Waals surface area contributed by atoms with Crippen molar-refractivity contribution in [2.45, 2.75) is 25.9 Å². The Morgan fingerprint density at radius 1 is 1.12 bits per heavy atom. The molecule has 7 nitrogen and oxygen atoms in total. The van der Waals surface area contributed by atoms with E-state index in [-0.39, 0.29) is 18.2 Å². The first kappa shape index (κ1) is 20.2. The molecule has 1 N–H and O–H groups in total. The number of para-hydroxylation sites is 2. The predicted octanol–water partition coefficient (Wildman–Crippen LogP) is 4.51. The predicted molar refractivity (Wildman–Crippen MR) is 124 cm³/mol. The highest BCUT2D eigenvalue weighted by Gasteiger charge is 2.40. The van der Waals surface area contributed by atoms with E-state index in [1.54, 1.807) is 35.5 Å². The minimum Gasteiger partial charge on any atom is -0.326 e. The molecule has 2 aromatic carbocycles. The molecule has 0 saturated carbocycles. The molecule has 1 aliphatic heterocycles. The molecule has 0 bridgehead atoms. The summed E-state index contributed by atoms with van der Waals surface area (Å²) in [6.45, 7) is 2.18. The van der Waals surface area contributed by atoms with Crippen molar-refractivity contribution in [1.82, 2.24) is 14.5 Å². The number of nitrogens with zero attached hydrogens (tertiary/aromatic N) is 4. The van der Waals surface area contributed by atoms with Crippen LogP contribution in [-0.2, 0) is 16.1 Å². The maximum absolute atomic E-state index is 13.4. The van der Waals surface area contributed by atoms with E-state index in [4.69, 9.17) is 11.6 Å². The fourth-order valence-electron chi connectivity index (χ4n) is 4.04. The van der Waals surface area contributed by atoms with Crippen molar-refractivity contribution in [1.29, 1.82) is 0 Å². The summed E-state index contributed by atoms with van der Waals surface area (Å²) < 4.78 is 1.86. The number of hydrogen-bond acceptors (Lipinski definition) is 4. The first-order valence-corrected chi connectivity index (χ1v) is 10.6. The smallest absolute Gasteiger partial charge is 0.253 e. The number of carbonyl (C=O) groups excluding carboxylic acids is 2. The highest BCUT2D eigenvalue weighted by molar-refractivity contribution is 6.31. The first-order valence-electron chi connectivity index (χ1n) is 10.2. The SMILES string of the molecule is Cc1c(Cl)cccc1NC(=O)C[C@H]1C(=O)N(Cc2cccnc2)c2nc3ccccc3n21. The molecule has 0 aliphatic carbocycles. The maximum Gasteiger partial charge on any atom is 0.253 e. The van der Waals surface area contributed by atoms with E-state index in [2.05, 4.69) is 15.3 Å². The number of nitrogens with one attached hydrogen (secondary N) is 1. The normalized spacial score (nSPS) is 15.2. The number of imidazole rings is 1. The van der Waals surface area contributed by atoms with E-state index in [1.165, 1.54) is 0 Å². The van der Waals surface area contributed by atoms with E-state index in [0.717, 1.165) is 22.2 Å². The van der Waals surface area contributed by atoms with Crippen LogP contribution in [0.25, 0.3) is 11.0 Å². The van der Waals surface area contributed by atoms with Crippen LogP contribution in [0.4, 0.5) is 11.6 Å². The summed E-state index contributed by atoms with van der Waals surface area (Å²) in [7, 11) is 0.